The Morgan fingerprint density at radius 1 is 1.24 bits per heavy atom. The Labute approximate surface area is 99.3 Å². The molecule has 88 valence electrons. The number of hydrogen-bond acceptors (Lipinski definition) is 3. The standard InChI is InChI=1S/C13H13FN2O/c1-15-8-10-9-16-7-6-13(10)17-12-4-2-11(14)3-5-12/h2-7,9,15H,8H2,1H3. The molecule has 17 heavy (non-hydrogen) atoms. The van der Waals surface area contributed by atoms with E-state index in [4.69, 9.17) is 4.74 Å². The summed E-state index contributed by atoms with van der Waals surface area (Å²) < 4.78 is 18.4. The normalized spacial score (nSPS) is 10.2. The molecule has 0 unspecified atom stereocenters. The minimum Gasteiger partial charge on any atom is -0.457 e. The highest BCUT2D eigenvalue weighted by atomic mass is 19.1. The zero-order chi connectivity index (χ0) is 12.1. The van der Waals surface area contributed by atoms with Crippen LogP contribution in [0.15, 0.2) is 42.7 Å². The van der Waals surface area contributed by atoms with Crippen molar-refractivity contribution in [1.82, 2.24) is 10.3 Å². The van der Waals surface area contributed by atoms with Gasteiger partial charge < -0.3 is 10.1 Å². The van der Waals surface area contributed by atoms with Gasteiger partial charge in [-0.25, -0.2) is 4.39 Å². The molecule has 0 bridgehead atoms. The van der Waals surface area contributed by atoms with Crippen LogP contribution in [0.3, 0.4) is 0 Å². The van der Waals surface area contributed by atoms with Gasteiger partial charge in [-0.15, -0.1) is 0 Å². The Kier molecular flexibility index (Phi) is 3.67. The van der Waals surface area contributed by atoms with Crippen LogP contribution in [0.1, 0.15) is 5.56 Å². The highest BCUT2D eigenvalue weighted by Gasteiger charge is 2.04. The van der Waals surface area contributed by atoms with Crippen molar-refractivity contribution >= 4 is 0 Å². The molecule has 0 amide bonds. The molecule has 0 aliphatic rings. The lowest BCUT2D eigenvalue weighted by molar-refractivity contribution is 0.471. The lowest BCUT2D eigenvalue weighted by Crippen LogP contribution is -2.06. The van der Waals surface area contributed by atoms with E-state index in [2.05, 4.69) is 10.3 Å². The van der Waals surface area contributed by atoms with Crippen LogP contribution >= 0.6 is 0 Å². The third-order valence-electron chi connectivity index (χ3n) is 2.27. The van der Waals surface area contributed by atoms with Gasteiger partial charge in [-0.3, -0.25) is 4.98 Å². The number of rotatable bonds is 4. The fourth-order valence-corrected chi connectivity index (χ4v) is 1.47. The lowest BCUT2D eigenvalue weighted by atomic mass is 10.2. The first-order valence-electron chi connectivity index (χ1n) is 5.30. The summed E-state index contributed by atoms with van der Waals surface area (Å²) in [6, 6.07) is 7.72. The number of aromatic nitrogens is 1. The van der Waals surface area contributed by atoms with Gasteiger partial charge >= 0.3 is 0 Å². The van der Waals surface area contributed by atoms with Gasteiger partial charge in [0.15, 0.2) is 0 Å². The zero-order valence-corrected chi connectivity index (χ0v) is 9.48. The number of benzene rings is 1. The third kappa shape index (κ3) is 3.01. The van der Waals surface area contributed by atoms with Crippen molar-refractivity contribution in [2.24, 2.45) is 0 Å². The molecule has 2 rings (SSSR count). The minimum atomic E-state index is -0.275. The molecule has 0 radical (unpaired) electrons. The third-order valence-corrected chi connectivity index (χ3v) is 2.27. The predicted octanol–water partition coefficient (Wildman–Crippen LogP) is 2.73. The predicted molar refractivity (Wildman–Crippen MR) is 63.5 cm³/mol. The van der Waals surface area contributed by atoms with Crippen LogP contribution in [0.4, 0.5) is 4.39 Å². The van der Waals surface area contributed by atoms with Gasteiger partial charge in [0.2, 0.25) is 0 Å². The van der Waals surface area contributed by atoms with Crippen molar-refractivity contribution in [2.75, 3.05) is 7.05 Å². The molecule has 1 aromatic heterocycles. The number of nitrogens with zero attached hydrogens (tertiary/aromatic N) is 1. The molecule has 1 aromatic carbocycles. The first-order valence-corrected chi connectivity index (χ1v) is 5.30. The molecule has 0 saturated carbocycles. The Balaban J connectivity index is 2.20. The van der Waals surface area contributed by atoms with Gasteiger partial charge in [0.25, 0.3) is 0 Å². The average molecular weight is 232 g/mol. The average Bonchev–Trinajstić information content (AvgIpc) is 2.35. The Morgan fingerprint density at radius 2 is 2.00 bits per heavy atom. The molecule has 0 fully saturated rings. The van der Waals surface area contributed by atoms with E-state index in [9.17, 15) is 4.39 Å². The first kappa shape index (κ1) is 11.5. The van der Waals surface area contributed by atoms with E-state index in [1.165, 1.54) is 12.1 Å². The van der Waals surface area contributed by atoms with Gasteiger partial charge in [-0.1, -0.05) is 0 Å². The van der Waals surface area contributed by atoms with Crippen LogP contribution in [-0.2, 0) is 6.54 Å². The zero-order valence-electron chi connectivity index (χ0n) is 9.48. The number of hydrogen-bond donors (Lipinski definition) is 1. The van der Waals surface area contributed by atoms with Crippen LogP contribution in [0.25, 0.3) is 0 Å². The number of ether oxygens (including phenoxy) is 1. The molecular weight excluding hydrogens is 219 g/mol. The maximum Gasteiger partial charge on any atom is 0.134 e. The van der Waals surface area contributed by atoms with Crippen LogP contribution < -0.4 is 10.1 Å². The fraction of sp³-hybridized carbons (Fsp3) is 0.154. The van der Waals surface area contributed by atoms with E-state index >= 15 is 0 Å². The Bertz CT molecular complexity index is 485. The van der Waals surface area contributed by atoms with E-state index in [0.29, 0.717) is 12.3 Å². The highest BCUT2D eigenvalue weighted by molar-refractivity contribution is 5.35. The molecule has 0 saturated heterocycles. The molecule has 1 N–H and O–H groups in total. The summed E-state index contributed by atoms with van der Waals surface area (Å²) in [7, 11) is 1.86. The molecule has 3 nitrogen and oxygen atoms in total. The van der Waals surface area contributed by atoms with Crippen molar-refractivity contribution in [3.8, 4) is 11.5 Å². The van der Waals surface area contributed by atoms with Gasteiger partial charge in [-0.2, -0.15) is 0 Å². The van der Waals surface area contributed by atoms with Crippen LogP contribution in [0.5, 0.6) is 11.5 Å². The van der Waals surface area contributed by atoms with E-state index < -0.39 is 0 Å². The summed E-state index contributed by atoms with van der Waals surface area (Å²) in [4.78, 5) is 4.04. The maximum atomic E-state index is 12.7. The second kappa shape index (κ2) is 5.41. The van der Waals surface area contributed by atoms with Gasteiger partial charge in [0.1, 0.15) is 17.3 Å². The van der Waals surface area contributed by atoms with Gasteiger partial charge in [0.05, 0.1) is 0 Å². The summed E-state index contributed by atoms with van der Waals surface area (Å²) in [6.07, 6.45) is 3.41. The Hall–Kier alpha value is -1.94. The molecule has 1 heterocycles. The highest BCUT2D eigenvalue weighted by Crippen LogP contribution is 2.24. The summed E-state index contributed by atoms with van der Waals surface area (Å²) >= 11 is 0. The van der Waals surface area contributed by atoms with E-state index in [1.807, 2.05) is 7.05 Å². The van der Waals surface area contributed by atoms with Gasteiger partial charge in [0, 0.05) is 24.5 Å². The maximum absolute atomic E-state index is 12.7. The molecule has 0 atom stereocenters. The summed E-state index contributed by atoms with van der Waals surface area (Å²) in [5.74, 6) is 1.05. The molecule has 2 aromatic rings. The van der Waals surface area contributed by atoms with Crippen LogP contribution in [0.2, 0.25) is 0 Å². The summed E-state index contributed by atoms with van der Waals surface area (Å²) in [5.41, 5.74) is 0.958. The molecule has 4 heteroatoms. The first-order chi connectivity index (χ1) is 8.29. The summed E-state index contributed by atoms with van der Waals surface area (Å²) in [5, 5.41) is 3.04. The van der Waals surface area contributed by atoms with Crippen molar-refractivity contribution in [2.45, 2.75) is 6.54 Å². The van der Waals surface area contributed by atoms with Gasteiger partial charge in [-0.05, 0) is 37.4 Å². The minimum absolute atomic E-state index is 0.275. The van der Waals surface area contributed by atoms with Crippen molar-refractivity contribution < 1.29 is 9.13 Å². The molecule has 0 aliphatic heterocycles. The second-order valence-electron chi connectivity index (χ2n) is 3.57. The van der Waals surface area contributed by atoms with Crippen LogP contribution in [-0.4, -0.2) is 12.0 Å². The van der Waals surface area contributed by atoms with Crippen LogP contribution in [0, 0.1) is 5.82 Å². The SMILES string of the molecule is CNCc1cnccc1Oc1ccc(F)cc1. The topological polar surface area (TPSA) is 34.2 Å². The Morgan fingerprint density at radius 3 is 2.71 bits per heavy atom. The molecule has 0 spiro atoms. The number of nitrogens with one attached hydrogen (secondary N) is 1. The van der Waals surface area contributed by atoms with Crippen molar-refractivity contribution in [3.63, 3.8) is 0 Å². The monoisotopic (exact) mass is 232 g/mol. The lowest BCUT2D eigenvalue weighted by Gasteiger charge is -2.10. The summed E-state index contributed by atoms with van der Waals surface area (Å²) in [6.45, 7) is 0.671. The number of halogens is 1. The molecular formula is C13H13FN2O. The largest absolute Gasteiger partial charge is 0.457 e. The molecule has 0 aliphatic carbocycles. The fourth-order valence-electron chi connectivity index (χ4n) is 1.47. The van der Waals surface area contributed by atoms with E-state index in [-0.39, 0.29) is 5.82 Å². The van der Waals surface area contributed by atoms with E-state index in [0.717, 1.165) is 11.3 Å². The smallest absolute Gasteiger partial charge is 0.134 e. The number of pyridine rings is 1. The van der Waals surface area contributed by atoms with E-state index in [1.54, 1.807) is 30.6 Å². The quantitative estimate of drug-likeness (QED) is 0.880. The van der Waals surface area contributed by atoms with Crippen molar-refractivity contribution in [3.05, 3.63) is 54.1 Å². The second-order valence-corrected chi connectivity index (χ2v) is 3.57. The van der Waals surface area contributed by atoms with Crippen molar-refractivity contribution in [1.29, 1.82) is 0 Å².